The highest BCUT2D eigenvalue weighted by molar-refractivity contribution is 8.00. The molecule has 2 aromatic heterocycles. The number of aryl methyl sites for hydroxylation is 1. The molecular weight excluding hydrogens is 713 g/mol. The van der Waals surface area contributed by atoms with Gasteiger partial charge in [0.25, 0.3) is 17.7 Å². The van der Waals surface area contributed by atoms with Crippen molar-refractivity contribution in [3.63, 3.8) is 0 Å². The smallest absolute Gasteiger partial charge is 0.419 e. The molecule has 3 amide bonds. The molecule has 54 heavy (non-hydrogen) atoms. The van der Waals surface area contributed by atoms with Gasteiger partial charge < -0.3 is 34.6 Å². The number of para-hydroxylation sites is 1. The third-order valence-corrected chi connectivity index (χ3v) is 11.0. The maximum Gasteiger partial charge on any atom is 0.419 e. The van der Waals surface area contributed by atoms with Gasteiger partial charge in [-0.25, -0.2) is 9.78 Å². The topological polar surface area (TPSA) is 166 Å². The number of hydrogen-bond acceptors (Lipinski definition) is 11. The number of aromatic nitrogens is 2. The lowest BCUT2D eigenvalue weighted by Gasteiger charge is -2.36. The summed E-state index contributed by atoms with van der Waals surface area (Å²) >= 11 is 1.33. The summed E-state index contributed by atoms with van der Waals surface area (Å²) in [5.74, 6) is 0.409. The van der Waals surface area contributed by atoms with Gasteiger partial charge in [0.15, 0.2) is 30.4 Å². The molecule has 268 valence electrons. The fraction of sp³-hybridized carbons (Fsp3) is 0.154. The number of rotatable bonds is 4. The van der Waals surface area contributed by atoms with Gasteiger partial charge in [0.05, 0.1) is 34.0 Å². The molecule has 4 aliphatic heterocycles. The van der Waals surface area contributed by atoms with E-state index in [1.54, 1.807) is 42.3 Å². The molecule has 3 N–H and O–H groups in total. The molecule has 0 spiro atoms. The summed E-state index contributed by atoms with van der Waals surface area (Å²) < 4.78 is 24.3. The summed E-state index contributed by atoms with van der Waals surface area (Å²) in [6.07, 6.45) is 0. The quantitative estimate of drug-likeness (QED) is 0.199. The van der Waals surface area contributed by atoms with Gasteiger partial charge >= 0.3 is 5.76 Å². The lowest BCUT2D eigenvalue weighted by molar-refractivity contribution is -0.119. The van der Waals surface area contributed by atoms with Crippen LogP contribution in [0.4, 0.5) is 28.6 Å². The fourth-order valence-electron chi connectivity index (χ4n) is 7.23. The lowest BCUT2D eigenvalue weighted by atomic mass is 9.95. The van der Waals surface area contributed by atoms with Crippen LogP contribution >= 0.6 is 11.8 Å². The van der Waals surface area contributed by atoms with E-state index < -0.39 is 11.0 Å². The van der Waals surface area contributed by atoms with E-state index in [0.29, 0.717) is 69.6 Å². The first-order valence-corrected chi connectivity index (χ1v) is 18.0. The van der Waals surface area contributed by atoms with Gasteiger partial charge in [0.1, 0.15) is 23.4 Å². The Balaban J connectivity index is 1.17. The van der Waals surface area contributed by atoms with Crippen molar-refractivity contribution in [2.24, 2.45) is 7.05 Å². The van der Waals surface area contributed by atoms with Gasteiger partial charge in [-0.2, -0.15) is 0 Å². The molecule has 1 unspecified atom stereocenters. The SMILES string of the molecule is Cn1c(=O)oc2cc(-c3cccc4c3N(c3ccc5c(c3)NC(=O)CO5)C(=O)C(c3ccc5c(n3)NC(=O)CO5)S4)cc(-c3ccc4c(c3)NCCO4)c21. The molecule has 0 fully saturated rings. The molecule has 15 heteroatoms. The molecule has 0 saturated carbocycles. The maximum absolute atomic E-state index is 15.0. The van der Waals surface area contributed by atoms with Crippen molar-refractivity contribution in [3.05, 3.63) is 95.1 Å². The summed E-state index contributed by atoms with van der Waals surface area (Å²) in [5, 5.41) is 8.14. The predicted octanol–water partition coefficient (Wildman–Crippen LogP) is 5.84. The summed E-state index contributed by atoms with van der Waals surface area (Å²) in [7, 11) is 1.67. The molecule has 6 heterocycles. The largest absolute Gasteiger partial charge is 0.490 e. The Bertz CT molecular complexity index is 2690. The summed E-state index contributed by atoms with van der Waals surface area (Å²) in [4.78, 5) is 59.5. The van der Waals surface area contributed by atoms with Gasteiger partial charge in [-0.05, 0) is 71.8 Å². The highest BCUT2D eigenvalue weighted by Gasteiger charge is 2.39. The fourth-order valence-corrected chi connectivity index (χ4v) is 8.42. The van der Waals surface area contributed by atoms with Crippen LogP contribution in [0.2, 0.25) is 0 Å². The number of amides is 3. The number of thioether (sulfide) groups is 1. The second-order valence-corrected chi connectivity index (χ2v) is 14.2. The summed E-state index contributed by atoms with van der Waals surface area (Å²) in [6.45, 7) is 0.993. The Morgan fingerprint density at radius 1 is 0.778 bits per heavy atom. The Hall–Kier alpha value is -6.74. The van der Waals surface area contributed by atoms with Crippen molar-refractivity contribution < 1.29 is 33.0 Å². The molecule has 0 saturated heterocycles. The van der Waals surface area contributed by atoms with Crippen LogP contribution in [0, 0.1) is 0 Å². The average molecular weight is 741 g/mol. The number of anilines is 5. The minimum absolute atomic E-state index is 0.112. The third kappa shape index (κ3) is 5.15. The lowest BCUT2D eigenvalue weighted by Crippen LogP contribution is -2.35. The van der Waals surface area contributed by atoms with E-state index in [2.05, 4.69) is 20.9 Å². The zero-order valence-corrected chi connectivity index (χ0v) is 29.2. The van der Waals surface area contributed by atoms with Crippen LogP contribution in [0.25, 0.3) is 33.4 Å². The number of carbonyl (C=O) groups excluding carboxylic acids is 3. The second-order valence-electron chi connectivity index (χ2n) is 13.0. The van der Waals surface area contributed by atoms with Gasteiger partial charge in [-0.15, -0.1) is 11.8 Å². The number of oxazole rings is 1. The van der Waals surface area contributed by atoms with Crippen LogP contribution in [0.3, 0.4) is 0 Å². The van der Waals surface area contributed by atoms with Crippen molar-refractivity contribution >= 4 is 69.2 Å². The number of pyridine rings is 1. The first kappa shape index (κ1) is 32.0. The van der Waals surface area contributed by atoms with Gasteiger partial charge in [0.2, 0.25) is 0 Å². The Morgan fingerprint density at radius 2 is 1.57 bits per heavy atom. The van der Waals surface area contributed by atoms with Crippen molar-refractivity contribution in [2.45, 2.75) is 10.1 Å². The van der Waals surface area contributed by atoms with E-state index >= 15 is 0 Å². The molecular formula is C39H28N6O8S. The molecule has 6 aromatic rings. The molecule has 1 atom stereocenters. The number of hydrogen-bond donors (Lipinski definition) is 3. The number of carbonyl (C=O) groups is 3. The summed E-state index contributed by atoms with van der Waals surface area (Å²) in [6, 6.07) is 24.0. The van der Waals surface area contributed by atoms with E-state index in [1.807, 2.05) is 48.5 Å². The first-order chi connectivity index (χ1) is 26.3. The van der Waals surface area contributed by atoms with Crippen LogP contribution in [0.1, 0.15) is 10.9 Å². The minimum atomic E-state index is -0.825. The Kier molecular flexibility index (Phi) is 7.20. The van der Waals surface area contributed by atoms with E-state index in [1.165, 1.54) is 16.3 Å². The van der Waals surface area contributed by atoms with Gasteiger partial charge in [-0.1, -0.05) is 18.2 Å². The second kappa shape index (κ2) is 12.2. The molecule has 10 rings (SSSR count). The average Bonchev–Trinajstić information content (AvgIpc) is 3.48. The normalized spacial score (nSPS) is 17.1. The molecule has 4 aromatic carbocycles. The zero-order chi connectivity index (χ0) is 36.7. The Labute approximate surface area is 310 Å². The van der Waals surface area contributed by atoms with Crippen molar-refractivity contribution in [1.29, 1.82) is 0 Å². The summed E-state index contributed by atoms with van der Waals surface area (Å²) in [5.41, 5.74) is 6.73. The molecule has 0 bridgehead atoms. The number of ether oxygens (including phenoxy) is 3. The number of nitrogens with zero attached hydrogens (tertiary/aromatic N) is 3. The Morgan fingerprint density at radius 3 is 2.46 bits per heavy atom. The van der Waals surface area contributed by atoms with Crippen LogP contribution in [-0.2, 0) is 21.4 Å². The van der Waals surface area contributed by atoms with Crippen LogP contribution < -0.4 is 40.8 Å². The first-order valence-electron chi connectivity index (χ1n) is 17.1. The molecule has 4 aliphatic rings. The predicted molar refractivity (Wildman–Crippen MR) is 201 cm³/mol. The van der Waals surface area contributed by atoms with Crippen LogP contribution in [0.15, 0.2) is 93.0 Å². The van der Waals surface area contributed by atoms with E-state index in [-0.39, 0.29) is 36.8 Å². The highest BCUT2D eigenvalue weighted by atomic mass is 32.2. The number of nitrogens with one attached hydrogen (secondary N) is 3. The number of benzene rings is 4. The van der Waals surface area contributed by atoms with Crippen molar-refractivity contribution in [2.75, 3.05) is 47.2 Å². The zero-order valence-electron chi connectivity index (χ0n) is 28.4. The maximum atomic E-state index is 15.0. The van der Waals surface area contributed by atoms with Crippen LogP contribution in [0.5, 0.6) is 17.2 Å². The van der Waals surface area contributed by atoms with Crippen molar-refractivity contribution in [1.82, 2.24) is 9.55 Å². The molecule has 14 nitrogen and oxygen atoms in total. The highest BCUT2D eigenvalue weighted by Crippen LogP contribution is 2.54. The monoisotopic (exact) mass is 740 g/mol. The molecule has 0 radical (unpaired) electrons. The van der Waals surface area contributed by atoms with E-state index in [9.17, 15) is 19.2 Å². The van der Waals surface area contributed by atoms with Crippen molar-refractivity contribution in [3.8, 4) is 39.5 Å². The van der Waals surface area contributed by atoms with E-state index in [0.717, 1.165) is 27.5 Å². The van der Waals surface area contributed by atoms with E-state index in [4.69, 9.17) is 18.6 Å². The minimum Gasteiger partial charge on any atom is -0.490 e. The van der Waals surface area contributed by atoms with Crippen LogP contribution in [-0.4, -0.2) is 53.6 Å². The standard InChI is InChI=1S/C39H28N6O8S/c1-44-34-23(19-5-8-27-25(14-19)40-11-12-50-27)13-20(15-30(34)53-39(44)49)22-3-2-4-31-35(22)45(21-6-9-28-26(16-21)41-32(46)17-51-28)38(48)36(54-31)24-7-10-29-37(42-24)43-33(47)18-52-29/h2-10,13-16,36,40H,11-12,17-18H2,1H3,(H,41,46)(H,42,43,47). The number of fused-ring (bicyclic) bond motifs is 5. The van der Waals surface area contributed by atoms with Gasteiger partial charge in [-0.3, -0.25) is 23.9 Å². The van der Waals surface area contributed by atoms with Gasteiger partial charge in [0, 0.05) is 29.6 Å². The molecule has 0 aliphatic carbocycles. The third-order valence-electron chi connectivity index (χ3n) is 9.69.